The fourth-order valence-electron chi connectivity index (χ4n) is 3.11. The first kappa shape index (κ1) is 27.0. The molecule has 3 rings (SSSR count). The summed E-state index contributed by atoms with van der Waals surface area (Å²) in [7, 11) is 0. The molecular formula is C27H33N3O5S. The molecule has 0 bridgehead atoms. The Kier molecular flexibility index (Phi) is 9.69. The number of hydrogen-bond donors (Lipinski definition) is 2. The minimum atomic E-state index is -0.452. The molecule has 0 aliphatic carbocycles. The van der Waals surface area contributed by atoms with E-state index in [2.05, 4.69) is 15.6 Å². The molecule has 0 saturated heterocycles. The van der Waals surface area contributed by atoms with Crippen LogP contribution in [0.15, 0.2) is 60.8 Å². The summed E-state index contributed by atoms with van der Waals surface area (Å²) in [6.07, 6.45) is 1.37. The fraction of sp³-hybridized carbons (Fsp3) is 0.370. The van der Waals surface area contributed by atoms with Gasteiger partial charge in [0.1, 0.15) is 24.0 Å². The molecule has 0 aliphatic rings. The van der Waals surface area contributed by atoms with Crippen LogP contribution < -0.4 is 15.4 Å². The van der Waals surface area contributed by atoms with Gasteiger partial charge in [0.05, 0.1) is 11.0 Å². The van der Waals surface area contributed by atoms with E-state index in [4.69, 9.17) is 14.2 Å². The van der Waals surface area contributed by atoms with Gasteiger partial charge in [-0.15, -0.1) is 11.3 Å². The van der Waals surface area contributed by atoms with Crippen molar-refractivity contribution in [3.63, 3.8) is 0 Å². The third-order valence-electron chi connectivity index (χ3n) is 4.85. The van der Waals surface area contributed by atoms with E-state index in [-0.39, 0.29) is 24.9 Å². The van der Waals surface area contributed by atoms with Crippen molar-refractivity contribution < 1.29 is 23.8 Å². The first-order chi connectivity index (χ1) is 17.2. The lowest BCUT2D eigenvalue weighted by molar-refractivity contribution is 0.132. The Morgan fingerprint density at radius 1 is 0.972 bits per heavy atom. The third-order valence-corrected chi connectivity index (χ3v) is 5.87. The van der Waals surface area contributed by atoms with Crippen LogP contribution in [0.4, 0.5) is 9.59 Å². The molecule has 3 aromatic rings. The van der Waals surface area contributed by atoms with Crippen LogP contribution in [0.2, 0.25) is 0 Å². The summed E-state index contributed by atoms with van der Waals surface area (Å²) >= 11 is 1.47. The zero-order valence-corrected chi connectivity index (χ0v) is 21.9. The van der Waals surface area contributed by atoms with Gasteiger partial charge in [-0.2, -0.15) is 0 Å². The molecule has 8 nitrogen and oxygen atoms in total. The molecule has 2 N–H and O–H groups in total. The maximum Gasteiger partial charge on any atom is 0.407 e. The summed E-state index contributed by atoms with van der Waals surface area (Å²) in [5.41, 5.74) is 1.55. The minimum absolute atomic E-state index is 0.0897. The first-order valence-electron chi connectivity index (χ1n) is 11.8. The molecule has 2 aromatic carbocycles. The maximum absolute atomic E-state index is 11.9. The van der Waals surface area contributed by atoms with Gasteiger partial charge in [0.25, 0.3) is 0 Å². The summed E-state index contributed by atoms with van der Waals surface area (Å²) in [5.74, 6) is 0.733. The second kappa shape index (κ2) is 12.9. The SMILES string of the molecule is CC(CCNC(=O)OCc1ccccc1)Oc1ccc(-c2ncc(COC(=O)NC(C)(C)C)s2)cc1. The van der Waals surface area contributed by atoms with Crippen molar-refractivity contribution in [2.75, 3.05) is 6.54 Å². The van der Waals surface area contributed by atoms with E-state index in [0.29, 0.717) is 13.0 Å². The number of benzene rings is 2. The highest BCUT2D eigenvalue weighted by atomic mass is 32.1. The second-order valence-electron chi connectivity index (χ2n) is 9.31. The molecule has 1 aromatic heterocycles. The fourth-order valence-corrected chi connectivity index (χ4v) is 3.94. The molecule has 0 radical (unpaired) electrons. The van der Waals surface area contributed by atoms with E-state index >= 15 is 0 Å². The van der Waals surface area contributed by atoms with Gasteiger partial charge >= 0.3 is 12.2 Å². The number of thiazole rings is 1. The van der Waals surface area contributed by atoms with E-state index in [0.717, 1.165) is 26.8 Å². The zero-order chi connectivity index (χ0) is 26.0. The van der Waals surface area contributed by atoms with Crippen LogP contribution in [0, 0.1) is 0 Å². The molecule has 0 spiro atoms. The highest BCUT2D eigenvalue weighted by Gasteiger charge is 2.15. The normalized spacial score (nSPS) is 11.9. The minimum Gasteiger partial charge on any atom is -0.491 e. The number of aromatic nitrogens is 1. The van der Waals surface area contributed by atoms with Gasteiger partial charge in [-0.25, -0.2) is 14.6 Å². The molecule has 1 unspecified atom stereocenters. The van der Waals surface area contributed by atoms with Crippen LogP contribution in [-0.4, -0.2) is 35.4 Å². The molecule has 0 saturated carbocycles. The van der Waals surface area contributed by atoms with E-state index in [1.165, 1.54) is 11.3 Å². The third kappa shape index (κ3) is 9.58. The Labute approximate surface area is 216 Å². The number of carbonyl (C=O) groups is 2. The van der Waals surface area contributed by atoms with Crippen molar-refractivity contribution in [1.29, 1.82) is 0 Å². The van der Waals surface area contributed by atoms with Crippen LogP contribution >= 0.6 is 11.3 Å². The van der Waals surface area contributed by atoms with Gasteiger partial charge in [-0.05, 0) is 57.5 Å². The number of nitrogens with one attached hydrogen (secondary N) is 2. The molecule has 1 heterocycles. The van der Waals surface area contributed by atoms with Crippen LogP contribution in [0.25, 0.3) is 10.6 Å². The number of carbonyl (C=O) groups excluding carboxylic acids is 2. The Morgan fingerprint density at radius 2 is 1.67 bits per heavy atom. The lowest BCUT2D eigenvalue weighted by atomic mass is 10.1. The molecule has 2 amide bonds. The van der Waals surface area contributed by atoms with Crippen molar-refractivity contribution >= 4 is 23.5 Å². The largest absolute Gasteiger partial charge is 0.491 e. The van der Waals surface area contributed by atoms with Gasteiger partial charge in [-0.1, -0.05) is 30.3 Å². The molecule has 0 aliphatic heterocycles. The van der Waals surface area contributed by atoms with E-state index in [1.54, 1.807) is 6.20 Å². The number of rotatable bonds is 10. The average Bonchev–Trinajstić information content (AvgIpc) is 3.31. The average molecular weight is 512 g/mol. The van der Waals surface area contributed by atoms with Crippen molar-refractivity contribution in [3.8, 4) is 16.3 Å². The van der Waals surface area contributed by atoms with Crippen molar-refractivity contribution in [3.05, 3.63) is 71.2 Å². The van der Waals surface area contributed by atoms with Crippen LogP contribution in [0.1, 0.15) is 44.6 Å². The summed E-state index contributed by atoms with van der Waals surface area (Å²) in [5, 5.41) is 6.34. The molecule has 9 heteroatoms. The summed E-state index contributed by atoms with van der Waals surface area (Å²) in [6.45, 7) is 8.51. The number of ether oxygens (including phenoxy) is 3. The van der Waals surface area contributed by atoms with Gasteiger partial charge in [-0.3, -0.25) is 0 Å². The Balaban J connectivity index is 1.38. The Hall–Kier alpha value is -3.59. The predicted octanol–water partition coefficient (Wildman–Crippen LogP) is 5.92. The first-order valence-corrected chi connectivity index (χ1v) is 12.6. The van der Waals surface area contributed by atoms with Gasteiger partial charge in [0.2, 0.25) is 0 Å². The lowest BCUT2D eigenvalue weighted by Gasteiger charge is -2.19. The topological polar surface area (TPSA) is 98.8 Å². The Morgan fingerprint density at radius 3 is 2.36 bits per heavy atom. The number of hydrogen-bond acceptors (Lipinski definition) is 7. The highest BCUT2D eigenvalue weighted by molar-refractivity contribution is 7.15. The number of amides is 2. The monoisotopic (exact) mass is 511 g/mol. The van der Waals surface area contributed by atoms with Gasteiger partial charge in [0, 0.05) is 30.3 Å². The van der Waals surface area contributed by atoms with Crippen LogP contribution in [-0.2, 0) is 22.7 Å². The number of alkyl carbamates (subject to hydrolysis) is 2. The van der Waals surface area contributed by atoms with E-state index in [9.17, 15) is 9.59 Å². The lowest BCUT2D eigenvalue weighted by Crippen LogP contribution is -2.40. The van der Waals surface area contributed by atoms with Crippen LogP contribution in [0.5, 0.6) is 5.75 Å². The summed E-state index contributed by atoms with van der Waals surface area (Å²) in [6, 6.07) is 17.2. The predicted molar refractivity (Wildman–Crippen MR) is 140 cm³/mol. The summed E-state index contributed by atoms with van der Waals surface area (Å²) < 4.78 is 16.4. The highest BCUT2D eigenvalue weighted by Crippen LogP contribution is 2.27. The van der Waals surface area contributed by atoms with Gasteiger partial charge in [0.15, 0.2) is 0 Å². The van der Waals surface area contributed by atoms with Crippen molar-refractivity contribution in [1.82, 2.24) is 15.6 Å². The summed E-state index contributed by atoms with van der Waals surface area (Å²) in [4.78, 5) is 29.0. The van der Waals surface area contributed by atoms with Crippen molar-refractivity contribution in [2.24, 2.45) is 0 Å². The van der Waals surface area contributed by atoms with Crippen LogP contribution in [0.3, 0.4) is 0 Å². The number of nitrogens with zero attached hydrogens (tertiary/aromatic N) is 1. The standard InChI is InChI=1S/C27H33N3O5S/c1-19(14-15-28-25(31)33-17-20-8-6-5-7-9-20)35-22-12-10-21(11-13-22)24-29-16-23(36-24)18-34-26(32)30-27(2,3)4/h5-13,16,19H,14-15,17-18H2,1-4H3,(H,28,31)(H,30,32). The van der Waals surface area contributed by atoms with E-state index < -0.39 is 12.2 Å². The molecule has 0 fully saturated rings. The van der Waals surface area contributed by atoms with Crippen molar-refractivity contribution in [2.45, 2.75) is 59.0 Å². The molecule has 1 atom stereocenters. The smallest absolute Gasteiger partial charge is 0.407 e. The molecule has 36 heavy (non-hydrogen) atoms. The maximum atomic E-state index is 11.9. The second-order valence-corrected chi connectivity index (χ2v) is 10.4. The zero-order valence-electron chi connectivity index (χ0n) is 21.1. The quantitative estimate of drug-likeness (QED) is 0.351. The van der Waals surface area contributed by atoms with Gasteiger partial charge < -0.3 is 24.8 Å². The molecule has 192 valence electrons. The molecular weight excluding hydrogens is 478 g/mol. The van der Waals surface area contributed by atoms with E-state index in [1.807, 2.05) is 82.3 Å². The Bertz CT molecular complexity index is 1110.